The molecule has 0 fully saturated rings. The summed E-state index contributed by atoms with van der Waals surface area (Å²) in [6, 6.07) is 9.86. The molecule has 0 aliphatic rings. The van der Waals surface area contributed by atoms with Gasteiger partial charge in [0.15, 0.2) is 0 Å². The van der Waals surface area contributed by atoms with Crippen LogP contribution < -0.4 is 5.73 Å². The van der Waals surface area contributed by atoms with Gasteiger partial charge in [-0.1, -0.05) is 31.2 Å². The normalized spacial score (nSPS) is 14.0. The lowest BCUT2D eigenvalue weighted by molar-refractivity contribution is -0.113. The Labute approximate surface area is 146 Å². The number of rotatable bonds is 5. The number of primary amides is 1. The molecule has 5 nitrogen and oxygen atoms in total. The predicted molar refractivity (Wildman–Crippen MR) is 99.6 cm³/mol. The topological polar surface area (TPSA) is 92.0 Å². The van der Waals surface area contributed by atoms with E-state index in [-0.39, 0.29) is 0 Å². The van der Waals surface area contributed by atoms with Crippen LogP contribution in [0.15, 0.2) is 48.8 Å². The molecular formula is C20H21N3O2. The second kappa shape index (κ2) is 6.53. The zero-order chi connectivity index (χ0) is 18.0. The average molecular weight is 335 g/mol. The van der Waals surface area contributed by atoms with Crippen LogP contribution >= 0.6 is 0 Å². The molecule has 2 aromatic heterocycles. The Morgan fingerprint density at radius 2 is 2.04 bits per heavy atom. The number of pyridine rings is 1. The van der Waals surface area contributed by atoms with Crippen LogP contribution in [0.25, 0.3) is 28.2 Å². The first-order valence-corrected chi connectivity index (χ1v) is 8.18. The number of aliphatic hydroxyl groups is 1. The molecule has 5 heteroatoms. The van der Waals surface area contributed by atoms with Crippen LogP contribution in [0.5, 0.6) is 0 Å². The zero-order valence-corrected chi connectivity index (χ0v) is 14.3. The quantitative estimate of drug-likeness (QED) is 0.624. The van der Waals surface area contributed by atoms with Crippen LogP contribution in [-0.4, -0.2) is 21.0 Å². The number of H-pyrrole nitrogens is 1. The number of nitrogens with two attached hydrogens (primary N) is 1. The molecule has 1 atom stereocenters. The number of aromatic amines is 1. The highest BCUT2D eigenvalue weighted by Crippen LogP contribution is 2.29. The monoisotopic (exact) mass is 335 g/mol. The van der Waals surface area contributed by atoms with E-state index in [2.05, 4.69) is 9.97 Å². The molecule has 128 valence electrons. The van der Waals surface area contributed by atoms with Crippen molar-refractivity contribution in [3.05, 3.63) is 59.9 Å². The zero-order valence-electron chi connectivity index (χ0n) is 14.3. The van der Waals surface area contributed by atoms with E-state index in [1.807, 2.05) is 44.2 Å². The number of carbonyl (C=O) groups is 1. The third kappa shape index (κ3) is 3.46. The molecule has 2 heterocycles. The Kier molecular flexibility index (Phi) is 4.42. The lowest BCUT2D eigenvalue weighted by atomic mass is 9.92. The number of fused-ring (bicyclic) bond motifs is 1. The molecule has 3 aromatic rings. The smallest absolute Gasteiger partial charge is 0.241 e. The predicted octanol–water partition coefficient (Wildman–Crippen LogP) is 3.35. The maximum absolute atomic E-state index is 10.9. The first kappa shape index (κ1) is 16.9. The van der Waals surface area contributed by atoms with E-state index < -0.39 is 11.5 Å². The molecule has 0 bridgehead atoms. The number of benzene rings is 1. The van der Waals surface area contributed by atoms with Crippen molar-refractivity contribution >= 4 is 23.0 Å². The number of carbonyl (C=O) groups excluding carboxylic acids is 1. The van der Waals surface area contributed by atoms with Crippen molar-refractivity contribution in [2.24, 2.45) is 5.73 Å². The summed E-state index contributed by atoms with van der Waals surface area (Å²) in [7, 11) is 0. The molecule has 0 spiro atoms. The lowest BCUT2D eigenvalue weighted by Gasteiger charge is -2.22. The number of nitrogens with one attached hydrogen (secondary N) is 1. The molecular weight excluding hydrogens is 314 g/mol. The Morgan fingerprint density at radius 3 is 2.68 bits per heavy atom. The van der Waals surface area contributed by atoms with Crippen molar-refractivity contribution < 1.29 is 9.90 Å². The van der Waals surface area contributed by atoms with Crippen LogP contribution in [0.3, 0.4) is 0 Å². The molecule has 4 N–H and O–H groups in total. The third-order valence-corrected chi connectivity index (χ3v) is 4.52. The lowest BCUT2D eigenvalue weighted by Crippen LogP contribution is -2.19. The number of hydrogen-bond donors (Lipinski definition) is 3. The molecule has 3 rings (SSSR count). The van der Waals surface area contributed by atoms with Gasteiger partial charge in [0, 0.05) is 35.0 Å². The van der Waals surface area contributed by atoms with Gasteiger partial charge in [0.05, 0.1) is 5.60 Å². The highest BCUT2D eigenvalue weighted by atomic mass is 16.3. The van der Waals surface area contributed by atoms with Crippen LogP contribution in [0, 0.1) is 0 Å². The van der Waals surface area contributed by atoms with Gasteiger partial charge in [-0.15, -0.1) is 0 Å². The summed E-state index contributed by atoms with van der Waals surface area (Å²) >= 11 is 0. The van der Waals surface area contributed by atoms with E-state index in [1.165, 1.54) is 6.08 Å². The van der Waals surface area contributed by atoms with Crippen molar-refractivity contribution in [2.45, 2.75) is 25.9 Å². The maximum Gasteiger partial charge on any atom is 0.241 e. The molecule has 0 radical (unpaired) electrons. The van der Waals surface area contributed by atoms with Crippen molar-refractivity contribution in [3.8, 4) is 11.1 Å². The highest BCUT2D eigenvalue weighted by molar-refractivity contribution is 5.95. The van der Waals surface area contributed by atoms with Gasteiger partial charge in [0.25, 0.3) is 0 Å². The van der Waals surface area contributed by atoms with Gasteiger partial charge < -0.3 is 15.8 Å². The fraction of sp³-hybridized carbons (Fsp3) is 0.200. The summed E-state index contributed by atoms with van der Waals surface area (Å²) in [5, 5.41) is 11.3. The minimum atomic E-state index is -0.825. The minimum absolute atomic E-state index is 0.489. The first-order valence-electron chi connectivity index (χ1n) is 8.18. The summed E-state index contributed by atoms with van der Waals surface area (Å²) in [4.78, 5) is 18.5. The fourth-order valence-electron chi connectivity index (χ4n) is 2.72. The van der Waals surface area contributed by atoms with Crippen molar-refractivity contribution in [3.63, 3.8) is 0 Å². The highest BCUT2D eigenvalue weighted by Gasteiger charge is 2.20. The van der Waals surface area contributed by atoms with E-state index in [0.717, 1.165) is 33.3 Å². The van der Waals surface area contributed by atoms with Gasteiger partial charge in [-0.05, 0) is 36.6 Å². The summed E-state index contributed by atoms with van der Waals surface area (Å²) in [6.07, 6.45) is 7.25. The summed E-state index contributed by atoms with van der Waals surface area (Å²) in [6.45, 7) is 3.77. The van der Waals surface area contributed by atoms with Crippen molar-refractivity contribution in [1.82, 2.24) is 9.97 Å². The molecule has 1 unspecified atom stereocenters. The number of hydrogen-bond acceptors (Lipinski definition) is 3. The van der Waals surface area contributed by atoms with E-state index in [9.17, 15) is 9.90 Å². The van der Waals surface area contributed by atoms with Gasteiger partial charge in [-0.25, -0.2) is 4.98 Å². The van der Waals surface area contributed by atoms with Crippen LogP contribution in [0.1, 0.15) is 31.4 Å². The molecule has 1 amide bonds. The van der Waals surface area contributed by atoms with Gasteiger partial charge in [-0.2, -0.15) is 0 Å². The Bertz CT molecular complexity index is 937. The largest absolute Gasteiger partial charge is 0.385 e. The van der Waals surface area contributed by atoms with Gasteiger partial charge in [0.2, 0.25) is 5.91 Å². The Hall–Kier alpha value is -2.92. The molecule has 0 aliphatic carbocycles. The van der Waals surface area contributed by atoms with Crippen molar-refractivity contribution in [2.75, 3.05) is 0 Å². The molecule has 0 aliphatic heterocycles. The molecule has 0 saturated carbocycles. The summed E-state index contributed by atoms with van der Waals surface area (Å²) in [5.41, 5.74) is 8.80. The van der Waals surface area contributed by atoms with E-state index in [0.29, 0.717) is 6.42 Å². The summed E-state index contributed by atoms with van der Waals surface area (Å²) in [5.74, 6) is -0.489. The van der Waals surface area contributed by atoms with Crippen molar-refractivity contribution in [1.29, 1.82) is 0 Å². The SMILES string of the molecule is CCC(C)(O)c1ccc(-c2cnc3[nH]cc(C=CC(N)=O)c3c2)cc1. The second-order valence-corrected chi connectivity index (χ2v) is 6.30. The van der Waals surface area contributed by atoms with Gasteiger partial charge in [0.1, 0.15) is 5.65 Å². The molecule has 0 saturated heterocycles. The minimum Gasteiger partial charge on any atom is -0.385 e. The summed E-state index contributed by atoms with van der Waals surface area (Å²) < 4.78 is 0. The van der Waals surface area contributed by atoms with Crippen LogP contribution in [0.2, 0.25) is 0 Å². The Morgan fingerprint density at radius 1 is 1.32 bits per heavy atom. The second-order valence-electron chi connectivity index (χ2n) is 6.30. The van der Waals surface area contributed by atoms with Crippen LogP contribution in [0.4, 0.5) is 0 Å². The number of aromatic nitrogens is 2. The van der Waals surface area contributed by atoms with Gasteiger partial charge in [-0.3, -0.25) is 4.79 Å². The standard InChI is InChI=1S/C20H21N3O2/c1-3-20(2,25)16-7-4-13(5-8-16)15-10-17-14(6-9-18(21)24)11-22-19(17)23-12-15/h4-12,25H,3H2,1-2H3,(H2,21,24)(H,22,23). The number of nitrogens with zero attached hydrogens (tertiary/aromatic N) is 1. The number of amides is 1. The third-order valence-electron chi connectivity index (χ3n) is 4.52. The van der Waals surface area contributed by atoms with E-state index >= 15 is 0 Å². The molecule has 25 heavy (non-hydrogen) atoms. The molecule has 1 aromatic carbocycles. The maximum atomic E-state index is 10.9. The first-order chi connectivity index (χ1) is 11.9. The van der Waals surface area contributed by atoms with Gasteiger partial charge >= 0.3 is 0 Å². The fourth-order valence-corrected chi connectivity index (χ4v) is 2.72. The average Bonchev–Trinajstić information content (AvgIpc) is 3.02. The van der Waals surface area contributed by atoms with Crippen LogP contribution in [-0.2, 0) is 10.4 Å². The Balaban J connectivity index is 1.99. The van der Waals surface area contributed by atoms with E-state index in [1.54, 1.807) is 18.5 Å². The van der Waals surface area contributed by atoms with E-state index in [4.69, 9.17) is 5.73 Å².